The SMILES string of the molecule is CCCCN(CCCC)c1nc(N)ncc1Cl. The Morgan fingerprint density at radius 2 is 1.82 bits per heavy atom. The Balaban J connectivity index is 2.82. The lowest BCUT2D eigenvalue weighted by Gasteiger charge is -2.24. The van der Waals surface area contributed by atoms with Crippen molar-refractivity contribution in [2.24, 2.45) is 0 Å². The van der Waals surface area contributed by atoms with Gasteiger partial charge in [0.25, 0.3) is 0 Å². The number of hydrogen-bond donors (Lipinski definition) is 1. The summed E-state index contributed by atoms with van der Waals surface area (Å²) in [6.45, 7) is 6.28. The average molecular weight is 257 g/mol. The molecule has 1 heterocycles. The highest BCUT2D eigenvalue weighted by atomic mass is 35.5. The molecule has 0 spiro atoms. The fraction of sp³-hybridized carbons (Fsp3) is 0.667. The first-order valence-electron chi connectivity index (χ1n) is 6.22. The van der Waals surface area contributed by atoms with Gasteiger partial charge < -0.3 is 10.6 Å². The van der Waals surface area contributed by atoms with Gasteiger partial charge in [-0.1, -0.05) is 38.3 Å². The molecule has 1 aromatic heterocycles. The average Bonchev–Trinajstić information content (AvgIpc) is 2.33. The Hall–Kier alpha value is -1.03. The maximum Gasteiger partial charge on any atom is 0.222 e. The number of nitrogen functional groups attached to an aromatic ring is 1. The summed E-state index contributed by atoms with van der Waals surface area (Å²) in [5.74, 6) is 1.04. The minimum absolute atomic E-state index is 0.280. The number of rotatable bonds is 7. The molecule has 2 N–H and O–H groups in total. The van der Waals surface area contributed by atoms with Gasteiger partial charge in [0.05, 0.1) is 6.20 Å². The molecule has 0 unspecified atom stereocenters. The van der Waals surface area contributed by atoms with Crippen molar-refractivity contribution in [3.63, 3.8) is 0 Å². The van der Waals surface area contributed by atoms with Crippen LogP contribution in [0.3, 0.4) is 0 Å². The summed E-state index contributed by atoms with van der Waals surface area (Å²) in [5.41, 5.74) is 5.62. The van der Waals surface area contributed by atoms with E-state index < -0.39 is 0 Å². The second-order valence-corrected chi connectivity index (χ2v) is 4.50. The smallest absolute Gasteiger partial charge is 0.222 e. The quantitative estimate of drug-likeness (QED) is 0.814. The molecule has 0 aliphatic rings. The van der Waals surface area contributed by atoms with E-state index in [1.54, 1.807) is 6.20 Å². The standard InChI is InChI=1S/C12H21ClN4/c1-3-5-7-17(8-6-4-2)11-10(13)9-15-12(14)16-11/h9H,3-8H2,1-2H3,(H2,14,15,16). The zero-order valence-corrected chi connectivity index (χ0v) is 11.4. The molecule has 5 heteroatoms. The van der Waals surface area contributed by atoms with Crippen LogP contribution in [0.5, 0.6) is 0 Å². The first kappa shape index (κ1) is 14.0. The fourth-order valence-corrected chi connectivity index (χ4v) is 1.83. The highest BCUT2D eigenvalue weighted by Gasteiger charge is 2.12. The van der Waals surface area contributed by atoms with Crippen LogP contribution in [-0.4, -0.2) is 23.1 Å². The summed E-state index contributed by atoms with van der Waals surface area (Å²) < 4.78 is 0. The maximum atomic E-state index is 6.13. The Morgan fingerprint density at radius 1 is 1.24 bits per heavy atom. The van der Waals surface area contributed by atoms with Crippen molar-refractivity contribution in [1.29, 1.82) is 0 Å². The summed E-state index contributed by atoms with van der Waals surface area (Å²) in [4.78, 5) is 10.3. The molecule has 0 atom stereocenters. The van der Waals surface area contributed by atoms with Gasteiger partial charge in [0.1, 0.15) is 5.02 Å². The monoisotopic (exact) mass is 256 g/mol. The number of unbranched alkanes of at least 4 members (excludes halogenated alkanes) is 2. The molecule has 0 amide bonds. The molecule has 0 radical (unpaired) electrons. The van der Waals surface area contributed by atoms with Crippen molar-refractivity contribution in [3.8, 4) is 0 Å². The van der Waals surface area contributed by atoms with E-state index in [0.717, 1.165) is 44.6 Å². The predicted molar refractivity (Wildman–Crippen MR) is 73.5 cm³/mol. The van der Waals surface area contributed by atoms with Crippen LogP contribution in [0.1, 0.15) is 39.5 Å². The van der Waals surface area contributed by atoms with Gasteiger partial charge in [-0.3, -0.25) is 0 Å². The van der Waals surface area contributed by atoms with E-state index in [-0.39, 0.29) is 5.95 Å². The molecule has 0 aliphatic heterocycles. The Morgan fingerprint density at radius 3 is 2.35 bits per heavy atom. The van der Waals surface area contributed by atoms with Gasteiger partial charge in [-0.25, -0.2) is 4.98 Å². The van der Waals surface area contributed by atoms with Crippen molar-refractivity contribution in [1.82, 2.24) is 9.97 Å². The predicted octanol–water partition coefficient (Wildman–Crippen LogP) is 3.12. The first-order valence-corrected chi connectivity index (χ1v) is 6.59. The van der Waals surface area contributed by atoms with Crippen LogP contribution in [-0.2, 0) is 0 Å². The molecule has 0 fully saturated rings. The molecule has 4 nitrogen and oxygen atoms in total. The second kappa shape index (κ2) is 7.33. The van der Waals surface area contributed by atoms with Crippen LogP contribution in [0.2, 0.25) is 5.02 Å². The molecule has 96 valence electrons. The molecular formula is C12H21ClN4. The van der Waals surface area contributed by atoms with Gasteiger partial charge in [-0.2, -0.15) is 4.98 Å². The lowest BCUT2D eigenvalue weighted by molar-refractivity contribution is 0.671. The Labute approximate surface area is 108 Å². The summed E-state index contributed by atoms with van der Waals surface area (Å²) in [5, 5.41) is 0.575. The minimum Gasteiger partial charge on any atom is -0.368 e. The van der Waals surface area contributed by atoms with Crippen LogP contribution in [0, 0.1) is 0 Å². The van der Waals surface area contributed by atoms with Crippen LogP contribution in [0.25, 0.3) is 0 Å². The Bertz CT molecular complexity index is 335. The maximum absolute atomic E-state index is 6.13. The molecule has 0 saturated heterocycles. The highest BCUT2D eigenvalue weighted by molar-refractivity contribution is 6.32. The van der Waals surface area contributed by atoms with E-state index in [0.29, 0.717) is 5.02 Å². The Kier molecular flexibility index (Phi) is 6.05. The molecule has 0 saturated carbocycles. The third-order valence-corrected chi connectivity index (χ3v) is 2.87. The second-order valence-electron chi connectivity index (χ2n) is 4.09. The molecule has 0 aromatic carbocycles. The lowest BCUT2D eigenvalue weighted by atomic mass is 10.2. The number of nitrogens with zero attached hydrogens (tertiary/aromatic N) is 3. The summed E-state index contributed by atoms with van der Waals surface area (Å²) >= 11 is 6.13. The normalized spacial score (nSPS) is 10.5. The molecular weight excluding hydrogens is 236 g/mol. The number of nitrogens with two attached hydrogens (primary N) is 1. The van der Waals surface area contributed by atoms with Crippen LogP contribution >= 0.6 is 11.6 Å². The highest BCUT2D eigenvalue weighted by Crippen LogP contribution is 2.23. The fourth-order valence-electron chi connectivity index (χ4n) is 1.61. The number of aromatic nitrogens is 2. The minimum atomic E-state index is 0.280. The first-order chi connectivity index (χ1) is 8.19. The molecule has 1 aromatic rings. The third kappa shape index (κ3) is 4.38. The molecule has 1 rings (SSSR count). The largest absolute Gasteiger partial charge is 0.368 e. The van der Waals surface area contributed by atoms with Gasteiger partial charge in [-0.05, 0) is 12.8 Å². The summed E-state index contributed by atoms with van der Waals surface area (Å²) in [7, 11) is 0. The topological polar surface area (TPSA) is 55.0 Å². The van der Waals surface area contributed by atoms with Gasteiger partial charge >= 0.3 is 0 Å². The van der Waals surface area contributed by atoms with E-state index in [1.165, 1.54) is 0 Å². The van der Waals surface area contributed by atoms with E-state index >= 15 is 0 Å². The van der Waals surface area contributed by atoms with Gasteiger partial charge in [0.2, 0.25) is 5.95 Å². The zero-order valence-electron chi connectivity index (χ0n) is 10.6. The summed E-state index contributed by atoms with van der Waals surface area (Å²) in [6.07, 6.45) is 6.14. The number of halogens is 1. The van der Waals surface area contributed by atoms with Crippen molar-refractivity contribution in [3.05, 3.63) is 11.2 Å². The van der Waals surface area contributed by atoms with E-state index in [9.17, 15) is 0 Å². The van der Waals surface area contributed by atoms with Gasteiger partial charge in [0.15, 0.2) is 5.82 Å². The molecule has 0 aliphatic carbocycles. The number of anilines is 2. The van der Waals surface area contributed by atoms with Gasteiger partial charge in [0, 0.05) is 13.1 Å². The van der Waals surface area contributed by atoms with Crippen LogP contribution < -0.4 is 10.6 Å². The van der Waals surface area contributed by atoms with Crippen molar-refractivity contribution >= 4 is 23.4 Å². The van der Waals surface area contributed by atoms with Crippen LogP contribution in [0.4, 0.5) is 11.8 Å². The van der Waals surface area contributed by atoms with Crippen molar-refractivity contribution < 1.29 is 0 Å². The summed E-state index contributed by atoms with van der Waals surface area (Å²) in [6, 6.07) is 0. The third-order valence-electron chi connectivity index (χ3n) is 2.61. The van der Waals surface area contributed by atoms with E-state index in [1.807, 2.05) is 0 Å². The van der Waals surface area contributed by atoms with Crippen molar-refractivity contribution in [2.75, 3.05) is 23.7 Å². The zero-order chi connectivity index (χ0) is 12.7. The van der Waals surface area contributed by atoms with Crippen molar-refractivity contribution in [2.45, 2.75) is 39.5 Å². The lowest BCUT2D eigenvalue weighted by Crippen LogP contribution is -2.27. The van der Waals surface area contributed by atoms with E-state index in [2.05, 4.69) is 28.7 Å². The van der Waals surface area contributed by atoms with Crippen LogP contribution in [0.15, 0.2) is 6.20 Å². The number of hydrogen-bond acceptors (Lipinski definition) is 4. The molecule has 0 bridgehead atoms. The van der Waals surface area contributed by atoms with Gasteiger partial charge in [-0.15, -0.1) is 0 Å². The molecule has 17 heavy (non-hydrogen) atoms. The van der Waals surface area contributed by atoms with E-state index in [4.69, 9.17) is 17.3 Å².